The van der Waals surface area contributed by atoms with Crippen LogP contribution >= 0.6 is 0 Å². The molecule has 16 heavy (non-hydrogen) atoms. The van der Waals surface area contributed by atoms with Crippen LogP contribution in [0.15, 0.2) is 36.8 Å². The Morgan fingerprint density at radius 1 is 1.31 bits per heavy atom. The molecule has 0 radical (unpaired) electrons. The number of rotatable bonds is 6. The molecule has 0 atom stereocenters. The molecule has 0 amide bonds. The van der Waals surface area contributed by atoms with Crippen LogP contribution in [0.1, 0.15) is 40.0 Å². The van der Waals surface area contributed by atoms with E-state index in [0.29, 0.717) is 5.57 Å². The lowest BCUT2D eigenvalue weighted by molar-refractivity contribution is -0.132. The summed E-state index contributed by atoms with van der Waals surface area (Å²) in [7, 11) is 0. The summed E-state index contributed by atoms with van der Waals surface area (Å²) in [4.78, 5) is 10.4. The summed E-state index contributed by atoms with van der Waals surface area (Å²) in [5.74, 6) is -0.793. The molecule has 0 spiro atoms. The number of carboxylic acid groups (broad SMARTS) is 1. The van der Waals surface area contributed by atoms with Gasteiger partial charge in [0.05, 0.1) is 12.5 Å². The zero-order valence-electron chi connectivity index (χ0n) is 10.5. The van der Waals surface area contributed by atoms with E-state index in [-0.39, 0.29) is 0 Å². The van der Waals surface area contributed by atoms with Gasteiger partial charge >= 0.3 is 5.97 Å². The first-order valence-corrected chi connectivity index (χ1v) is 5.28. The molecule has 0 aromatic rings. The zero-order valence-corrected chi connectivity index (χ0v) is 10.5. The normalized spacial score (nSPS) is 10.4. The second kappa shape index (κ2) is 11.6. The molecule has 0 aromatic carbocycles. The number of carboxylic acids is 1. The van der Waals surface area contributed by atoms with Crippen LogP contribution in [0.3, 0.4) is 0 Å². The number of carbonyl (C=O) groups is 1. The van der Waals surface area contributed by atoms with Gasteiger partial charge in [-0.15, -0.1) is 0 Å². The first kappa shape index (κ1) is 16.9. The third-order valence-corrected chi connectivity index (χ3v) is 2.06. The zero-order chi connectivity index (χ0) is 13.0. The maximum Gasteiger partial charge on any atom is 0.331 e. The highest BCUT2D eigenvalue weighted by Gasteiger charge is 2.03. The molecular formula is C13H22O3. The Hall–Kier alpha value is -1.51. The Bertz CT molecular complexity index is 246. The lowest BCUT2D eigenvalue weighted by Gasteiger charge is -2.01. The monoisotopic (exact) mass is 226 g/mol. The van der Waals surface area contributed by atoms with E-state index in [1.165, 1.54) is 12.5 Å². The van der Waals surface area contributed by atoms with Crippen molar-refractivity contribution in [3.05, 3.63) is 36.8 Å². The summed E-state index contributed by atoms with van der Waals surface area (Å²) < 4.78 is 4.36. The van der Waals surface area contributed by atoms with Gasteiger partial charge in [-0.3, -0.25) is 0 Å². The van der Waals surface area contributed by atoms with Crippen LogP contribution in [-0.2, 0) is 9.53 Å². The van der Waals surface area contributed by atoms with Crippen LogP contribution in [0.5, 0.6) is 0 Å². The smallest absolute Gasteiger partial charge is 0.331 e. The van der Waals surface area contributed by atoms with Crippen LogP contribution in [-0.4, -0.2) is 11.1 Å². The van der Waals surface area contributed by atoms with E-state index < -0.39 is 5.97 Å². The maximum absolute atomic E-state index is 10.4. The highest BCUT2D eigenvalue weighted by atomic mass is 16.5. The average molecular weight is 226 g/mol. The van der Waals surface area contributed by atoms with E-state index >= 15 is 0 Å². The van der Waals surface area contributed by atoms with Crippen LogP contribution in [0.25, 0.3) is 0 Å². The van der Waals surface area contributed by atoms with Crippen molar-refractivity contribution < 1.29 is 14.6 Å². The van der Waals surface area contributed by atoms with Gasteiger partial charge in [0, 0.05) is 5.57 Å². The van der Waals surface area contributed by atoms with Crippen molar-refractivity contribution in [3.63, 3.8) is 0 Å². The predicted octanol–water partition coefficient (Wildman–Crippen LogP) is 3.89. The Morgan fingerprint density at radius 3 is 2.06 bits per heavy atom. The van der Waals surface area contributed by atoms with Gasteiger partial charge in [-0.25, -0.2) is 4.79 Å². The van der Waals surface area contributed by atoms with Gasteiger partial charge in [0.1, 0.15) is 0 Å². The Labute approximate surface area is 98.1 Å². The van der Waals surface area contributed by atoms with Crippen molar-refractivity contribution in [2.45, 2.75) is 40.0 Å². The molecule has 0 saturated heterocycles. The number of hydrogen-bond donors (Lipinski definition) is 1. The van der Waals surface area contributed by atoms with Gasteiger partial charge < -0.3 is 9.84 Å². The Morgan fingerprint density at radius 2 is 1.81 bits per heavy atom. The van der Waals surface area contributed by atoms with Gasteiger partial charge in [-0.2, -0.15) is 0 Å². The quantitative estimate of drug-likeness (QED) is 0.552. The maximum atomic E-state index is 10.4. The molecule has 0 aliphatic heterocycles. The highest BCUT2D eigenvalue weighted by Crippen LogP contribution is 2.11. The molecule has 0 saturated carbocycles. The SMILES string of the molecule is C=COC=C.CCCCC(C)=C(C)C(=O)O. The minimum absolute atomic E-state index is 0.499. The summed E-state index contributed by atoms with van der Waals surface area (Å²) in [5, 5.41) is 8.59. The fourth-order valence-electron chi connectivity index (χ4n) is 0.880. The molecule has 0 rings (SSSR count). The number of ether oxygens (including phenoxy) is 1. The molecular weight excluding hydrogens is 204 g/mol. The fraction of sp³-hybridized carbons (Fsp3) is 0.462. The topological polar surface area (TPSA) is 46.5 Å². The minimum atomic E-state index is -0.793. The van der Waals surface area contributed by atoms with Crippen molar-refractivity contribution in [1.29, 1.82) is 0 Å². The predicted molar refractivity (Wildman–Crippen MR) is 67.0 cm³/mol. The molecule has 0 aliphatic carbocycles. The van der Waals surface area contributed by atoms with Gasteiger partial charge in [0.25, 0.3) is 0 Å². The van der Waals surface area contributed by atoms with Crippen LogP contribution in [0, 0.1) is 0 Å². The van der Waals surface area contributed by atoms with E-state index in [1.54, 1.807) is 6.92 Å². The molecule has 0 bridgehead atoms. The molecule has 0 aromatic heterocycles. The summed E-state index contributed by atoms with van der Waals surface area (Å²) in [6.07, 6.45) is 5.73. The van der Waals surface area contributed by atoms with E-state index in [9.17, 15) is 4.79 Å². The summed E-state index contributed by atoms with van der Waals surface area (Å²) in [6.45, 7) is 12.2. The van der Waals surface area contributed by atoms with Crippen LogP contribution in [0.2, 0.25) is 0 Å². The van der Waals surface area contributed by atoms with Crippen molar-refractivity contribution in [2.24, 2.45) is 0 Å². The van der Waals surface area contributed by atoms with E-state index in [4.69, 9.17) is 5.11 Å². The number of allylic oxidation sites excluding steroid dienone is 1. The first-order valence-electron chi connectivity index (χ1n) is 5.28. The first-order chi connectivity index (χ1) is 7.51. The minimum Gasteiger partial charge on any atom is -0.478 e. The summed E-state index contributed by atoms with van der Waals surface area (Å²) in [5.41, 5.74) is 1.50. The summed E-state index contributed by atoms with van der Waals surface area (Å²) >= 11 is 0. The largest absolute Gasteiger partial charge is 0.478 e. The average Bonchev–Trinajstić information content (AvgIpc) is 2.26. The molecule has 3 heteroatoms. The van der Waals surface area contributed by atoms with Crippen molar-refractivity contribution in [1.82, 2.24) is 0 Å². The standard InChI is InChI=1S/C9H16O2.C4H6O/c1-4-5-6-7(2)8(3)9(10)11;1-3-5-4-2/h4-6H2,1-3H3,(H,10,11);3-4H,1-2H2. The van der Waals surface area contributed by atoms with E-state index in [0.717, 1.165) is 24.8 Å². The van der Waals surface area contributed by atoms with E-state index in [2.05, 4.69) is 24.8 Å². The van der Waals surface area contributed by atoms with Gasteiger partial charge in [0.15, 0.2) is 0 Å². The Balaban J connectivity index is 0. The molecule has 0 unspecified atom stereocenters. The van der Waals surface area contributed by atoms with Crippen molar-refractivity contribution in [2.75, 3.05) is 0 Å². The van der Waals surface area contributed by atoms with E-state index in [1.807, 2.05) is 6.92 Å². The lowest BCUT2D eigenvalue weighted by atomic mass is 10.1. The second-order valence-corrected chi connectivity index (χ2v) is 3.28. The fourth-order valence-corrected chi connectivity index (χ4v) is 0.880. The van der Waals surface area contributed by atoms with Gasteiger partial charge in [-0.1, -0.05) is 32.1 Å². The molecule has 3 nitrogen and oxygen atoms in total. The third-order valence-electron chi connectivity index (χ3n) is 2.06. The molecule has 92 valence electrons. The second-order valence-electron chi connectivity index (χ2n) is 3.28. The van der Waals surface area contributed by atoms with Crippen LogP contribution in [0.4, 0.5) is 0 Å². The number of hydrogen-bond acceptors (Lipinski definition) is 2. The van der Waals surface area contributed by atoms with Gasteiger partial charge in [-0.05, 0) is 26.7 Å². The Kier molecular flexibility index (Phi) is 12.2. The van der Waals surface area contributed by atoms with Crippen molar-refractivity contribution in [3.8, 4) is 0 Å². The molecule has 1 N–H and O–H groups in total. The number of unbranched alkanes of at least 4 members (excludes halogenated alkanes) is 1. The van der Waals surface area contributed by atoms with Crippen LogP contribution < -0.4 is 0 Å². The molecule has 0 fully saturated rings. The molecule has 0 heterocycles. The highest BCUT2D eigenvalue weighted by molar-refractivity contribution is 5.86. The summed E-state index contributed by atoms with van der Waals surface area (Å²) in [6, 6.07) is 0. The lowest BCUT2D eigenvalue weighted by Crippen LogP contribution is -1.99. The van der Waals surface area contributed by atoms with Gasteiger partial charge in [0.2, 0.25) is 0 Å². The van der Waals surface area contributed by atoms with Crippen molar-refractivity contribution >= 4 is 5.97 Å². The third kappa shape index (κ3) is 10.6. The number of aliphatic carboxylic acids is 1. The molecule has 0 aliphatic rings.